The molecule has 2 aromatic rings. The van der Waals surface area contributed by atoms with Gasteiger partial charge in [-0.05, 0) is 56.3 Å². The van der Waals surface area contributed by atoms with Gasteiger partial charge in [-0.15, -0.1) is 0 Å². The number of hydrogen-bond acceptors (Lipinski definition) is 3. The second kappa shape index (κ2) is 6.07. The van der Waals surface area contributed by atoms with Gasteiger partial charge in [0.2, 0.25) is 0 Å². The van der Waals surface area contributed by atoms with Crippen LogP contribution in [0, 0.1) is 6.92 Å². The Labute approximate surface area is 120 Å². The Morgan fingerprint density at radius 2 is 1.80 bits per heavy atom. The molecule has 0 saturated carbocycles. The fraction of sp³-hybridized carbons (Fsp3) is 0.294. The summed E-state index contributed by atoms with van der Waals surface area (Å²) in [5.41, 5.74) is 1.15. The average Bonchev–Trinajstić information content (AvgIpc) is 2.39. The molecule has 0 spiro atoms. The van der Waals surface area contributed by atoms with Gasteiger partial charge in [0.1, 0.15) is 11.5 Å². The van der Waals surface area contributed by atoms with Crippen LogP contribution in [0.5, 0.6) is 11.5 Å². The number of rotatable bonds is 5. The first-order chi connectivity index (χ1) is 9.51. The van der Waals surface area contributed by atoms with E-state index in [1.807, 2.05) is 62.5 Å². The van der Waals surface area contributed by atoms with Gasteiger partial charge in [0, 0.05) is 6.54 Å². The molecule has 0 saturated heterocycles. The molecule has 1 unspecified atom stereocenters. The van der Waals surface area contributed by atoms with Gasteiger partial charge in [-0.2, -0.15) is 0 Å². The third kappa shape index (κ3) is 3.59. The summed E-state index contributed by atoms with van der Waals surface area (Å²) in [6.45, 7) is 4.33. The van der Waals surface area contributed by atoms with Crippen LogP contribution in [0.15, 0.2) is 48.5 Å². The summed E-state index contributed by atoms with van der Waals surface area (Å²) in [7, 11) is 1.82. The largest absolute Gasteiger partial charge is 0.457 e. The minimum absolute atomic E-state index is 0.505. The predicted octanol–water partition coefficient (Wildman–Crippen LogP) is 3.21. The summed E-state index contributed by atoms with van der Waals surface area (Å²) < 4.78 is 5.79. The van der Waals surface area contributed by atoms with Crippen molar-refractivity contribution in [3.8, 4) is 11.5 Å². The van der Waals surface area contributed by atoms with E-state index in [4.69, 9.17) is 4.74 Å². The molecule has 0 fully saturated rings. The number of likely N-dealkylation sites (N-methyl/N-ethyl adjacent to an activating group) is 1. The lowest BCUT2D eigenvalue weighted by Gasteiger charge is -2.23. The van der Waals surface area contributed by atoms with Gasteiger partial charge in [0.05, 0.1) is 5.60 Å². The van der Waals surface area contributed by atoms with E-state index in [9.17, 15) is 5.11 Å². The van der Waals surface area contributed by atoms with Crippen molar-refractivity contribution in [2.75, 3.05) is 13.6 Å². The number of aliphatic hydroxyl groups is 1. The molecule has 2 N–H and O–H groups in total. The molecule has 0 aromatic heterocycles. The number of aryl methyl sites for hydroxylation is 1. The molecule has 2 aromatic carbocycles. The maximum absolute atomic E-state index is 10.3. The van der Waals surface area contributed by atoms with E-state index in [1.165, 1.54) is 0 Å². The summed E-state index contributed by atoms with van der Waals surface area (Å²) in [4.78, 5) is 0. The Morgan fingerprint density at radius 1 is 1.10 bits per heavy atom. The third-order valence-corrected chi connectivity index (χ3v) is 3.22. The Hall–Kier alpha value is -1.84. The van der Waals surface area contributed by atoms with E-state index in [1.54, 1.807) is 6.92 Å². The molecule has 3 nitrogen and oxygen atoms in total. The van der Waals surface area contributed by atoms with E-state index < -0.39 is 5.60 Å². The predicted molar refractivity (Wildman–Crippen MR) is 81.2 cm³/mol. The van der Waals surface area contributed by atoms with Gasteiger partial charge in [-0.1, -0.05) is 24.3 Å². The lowest BCUT2D eigenvalue weighted by atomic mass is 9.96. The number of benzene rings is 2. The van der Waals surface area contributed by atoms with E-state index in [0.717, 1.165) is 22.6 Å². The van der Waals surface area contributed by atoms with Gasteiger partial charge in [-0.3, -0.25) is 0 Å². The molecule has 1 atom stereocenters. The Balaban J connectivity index is 2.12. The van der Waals surface area contributed by atoms with Gasteiger partial charge in [0.15, 0.2) is 0 Å². The van der Waals surface area contributed by atoms with Crippen molar-refractivity contribution in [2.45, 2.75) is 19.4 Å². The smallest absolute Gasteiger partial charge is 0.127 e. The molecular formula is C17H21NO2. The van der Waals surface area contributed by atoms with E-state index in [-0.39, 0.29) is 0 Å². The third-order valence-electron chi connectivity index (χ3n) is 3.22. The van der Waals surface area contributed by atoms with Crippen molar-refractivity contribution in [1.82, 2.24) is 5.32 Å². The first-order valence-electron chi connectivity index (χ1n) is 6.73. The fourth-order valence-electron chi connectivity index (χ4n) is 2.14. The molecule has 0 amide bonds. The minimum atomic E-state index is -0.878. The molecule has 0 aliphatic rings. The van der Waals surface area contributed by atoms with Crippen LogP contribution in [0.2, 0.25) is 0 Å². The zero-order valence-corrected chi connectivity index (χ0v) is 12.2. The highest BCUT2D eigenvalue weighted by Crippen LogP contribution is 2.26. The second-order valence-electron chi connectivity index (χ2n) is 5.25. The highest BCUT2D eigenvalue weighted by atomic mass is 16.5. The molecule has 0 aliphatic heterocycles. The van der Waals surface area contributed by atoms with Crippen molar-refractivity contribution >= 4 is 0 Å². The highest BCUT2D eigenvalue weighted by molar-refractivity contribution is 5.36. The number of nitrogens with one attached hydrogen (secondary N) is 1. The van der Waals surface area contributed by atoms with Crippen LogP contribution in [0.25, 0.3) is 0 Å². The first kappa shape index (κ1) is 14.6. The molecular weight excluding hydrogens is 250 g/mol. The summed E-state index contributed by atoms with van der Waals surface area (Å²) in [5.74, 6) is 1.58. The van der Waals surface area contributed by atoms with Crippen molar-refractivity contribution in [3.63, 3.8) is 0 Å². The molecule has 106 valence electrons. The monoisotopic (exact) mass is 271 g/mol. The lowest BCUT2D eigenvalue weighted by Crippen LogP contribution is -2.33. The Bertz CT molecular complexity index is 561. The van der Waals surface area contributed by atoms with Crippen LogP contribution in [0.1, 0.15) is 18.1 Å². The van der Waals surface area contributed by atoms with Crippen LogP contribution in [-0.4, -0.2) is 18.7 Å². The van der Waals surface area contributed by atoms with Crippen LogP contribution < -0.4 is 10.1 Å². The second-order valence-corrected chi connectivity index (χ2v) is 5.25. The maximum Gasteiger partial charge on any atom is 0.127 e. The highest BCUT2D eigenvalue weighted by Gasteiger charge is 2.21. The van der Waals surface area contributed by atoms with Gasteiger partial charge in [0.25, 0.3) is 0 Å². The molecule has 0 radical (unpaired) electrons. The standard InChI is InChI=1S/C17H21NO2/c1-13-5-4-6-16(11-13)20-15-9-7-14(8-10-15)17(2,19)12-18-3/h4-11,18-19H,12H2,1-3H3. The van der Waals surface area contributed by atoms with Crippen LogP contribution in [-0.2, 0) is 5.60 Å². The fourth-order valence-corrected chi connectivity index (χ4v) is 2.14. The molecule has 2 rings (SSSR count). The van der Waals surface area contributed by atoms with Crippen molar-refractivity contribution in [3.05, 3.63) is 59.7 Å². The number of ether oxygens (including phenoxy) is 1. The summed E-state index contributed by atoms with van der Waals surface area (Å²) in [6.07, 6.45) is 0. The molecule has 0 aliphatic carbocycles. The molecule has 20 heavy (non-hydrogen) atoms. The summed E-state index contributed by atoms with van der Waals surface area (Å²) in [5, 5.41) is 13.3. The molecule has 0 bridgehead atoms. The average molecular weight is 271 g/mol. The SMILES string of the molecule is CNCC(C)(O)c1ccc(Oc2cccc(C)c2)cc1. The topological polar surface area (TPSA) is 41.5 Å². The van der Waals surface area contributed by atoms with Gasteiger partial charge >= 0.3 is 0 Å². The zero-order valence-electron chi connectivity index (χ0n) is 12.2. The minimum Gasteiger partial charge on any atom is -0.457 e. The molecule has 0 heterocycles. The Morgan fingerprint density at radius 3 is 2.40 bits per heavy atom. The van der Waals surface area contributed by atoms with Crippen LogP contribution >= 0.6 is 0 Å². The first-order valence-corrected chi connectivity index (χ1v) is 6.73. The van der Waals surface area contributed by atoms with Crippen molar-refractivity contribution in [2.24, 2.45) is 0 Å². The van der Waals surface area contributed by atoms with E-state index in [2.05, 4.69) is 5.32 Å². The van der Waals surface area contributed by atoms with Crippen molar-refractivity contribution in [1.29, 1.82) is 0 Å². The summed E-state index contributed by atoms with van der Waals surface area (Å²) in [6, 6.07) is 15.5. The normalized spacial score (nSPS) is 13.8. The van der Waals surface area contributed by atoms with Crippen molar-refractivity contribution < 1.29 is 9.84 Å². The van der Waals surface area contributed by atoms with Gasteiger partial charge < -0.3 is 15.2 Å². The zero-order chi connectivity index (χ0) is 14.6. The van der Waals surface area contributed by atoms with E-state index in [0.29, 0.717) is 6.54 Å². The Kier molecular flexibility index (Phi) is 4.42. The number of hydrogen-bond donors (Lipinski definition) is 2. The van der Waals surface area contributed by atoms with Crippen LogP contribution in [0.3, 0.4) is 0 Å². The quantitative estimate of drug-likeness (QED) is 0.877. The molecule has 3 heteroatoms. The summed E-state index contributed by atoms with van der Waals surface area (Å²) >= 11 is 0. The van der Waals surface area contributed by atoms with E-state index >= 15 is 0 Å². The maximum atomic E-state index is 10.3. The van der Waals surface area contributed by atoms with Crippen LogP contribution in [0.4, 0.5) is 0 Å². The lowest BCUT2D eigenvalue weighted by molar-refractivity contribution is 0.0591. The van der Waals surface area contributed by atoms with Gasteiger partial charge in [-0.25, -0.2) is 0 Å².